The first kappa shape index (κ1) is 17.8. The van der Waals surface area contributed by atoms with E-state index in [4.69, 9.17) is 4.74 Å². The van der Waals surface area contributed by atoms with Crippen LogP contribution in [-0.4, -0.2) is 33.3 Å². The molecule has 0 amide bonds. The molecule has 0 aliphatic carbocycles. The van der Waals surface area contributed by atoms with E-state index in [-0.39, 0.29) is 23.4 Å². The van der Waals surface area contributed by atoms with Crippen molar-refractivity contribution in [2.24, 2.45) is 0 Å². The van der Waals surface area contributed by atoms with E-state index in [1.54, 1.807) is 17.7 Å². The first-order valence-corrected chi connectivity index (χ1v) is 7.96. The number of aromatic nitrogens is 1. The molecule has 0 radical (unpaired) electrons. The van der Waals surface area contributed by atoms with Gasteiger partial charge in [-0.15, -0.1) is 0 Å². The highest BCUT2D eigenvalue weighted by atomic mass is 79.9. The molecule has 126 valence electrons. The summed E-state index contributed by atoms with van der Waals surface area (Å²) in [4.78, 5) is 23.5. The fraction of sp³-hybridized carbons (Fsp3) is 0.176. The zero-order valence-corrected chi connectivity index (χ0v) is 14.5. The van der Waals surface area contributed by atoms with Crippen molar-refractivity contribution in [2.75, 3.05) is 6.61 Å². The highest BCUT2D eigenvalue weighted by Crippen LogP contribution is 2.24. The number of ether oxygens (including phenoxy) is 1. The molecule has 2 N–H and O–H groups in total. The van der Waals surface area contributed by atoms with Gasteiger partial charge in [-0.25, -0.2) is 9.59 Å². The lowest BCUT2D eigenvalue weighted by molar-refractivity contribution is -0.136. The summed E-state index contributed by atoms with van der Waals surface area (Å²) >= 11 is 3.35. The van der Waals surface area contributed by atoms with Crippen LogP contribution in [0.5, 0.6) is 0 Å². The largest absolute Gasteiger partial charge is 0.515 e. The minimum Gasteiger partial charge on any atom is -0.515 e. The maximum Gasteiger partial charge on any atom is 0.343 e. The molecule has 0 saturated heterocycles. The quantitative estimate of drug-likeness (QED) is 0.445. The zero-order chi connectivity index (χ0) is 17.7. The number of nitrogens with zero attached hydrogens (tertiary/aromatic N) is 1. The SMILES string of the molecule is CCOC(=O)C(=CO)c1c(C(=O)O)ccn1Cc1ccc(Br)cc1. The van der Waals surface area contributed by atoms with E-state index < -0.39 is 11.9 Å². The lowest BCUT2D eigenvalue weighted by atomic mass is 10.1. The van der Waals surface area contributed by atoms with E-state index in [0.29, 0.717) is 12.8 Å². The van der Waals surface area contributed by atoms with Gasteiger partial charge in [-0.2, -0.15) is 0 Å². The van der Waals surface area contributed by atoms with Crippen LogP contribution in [-0.2, 0) is 16.1 Å². The fourth-order valence-electron chi connectivity index (χ4n) is 2.28. The van der Waals surface area contributed by atoms with Crippen LogP contribution in [0.2, 0.25) is 0 Å². The van der Waals surface area contributed by atoms with Crippen molar-refractivity contribution in [3.63, 3.8) is 0 Å². The molecule has 2 rings (SSSR count). The summed E-state index contributed by atoms with van der Waals surface area (Å²) in [5.74, 6) is -1.97. The summed E-state index contributed by atoms with van der Waals surface area (Å²) in [5, 5.41) is 18.8. The second-order valence-corrected chi connectivity index (χ2v) is 5.82. The average molecular weight is 394 g/mol. The Balaban J connectivity index is 2.47. The summed E-state index contributed by atoms with van der Waals surface area (Å²) in [6, 6.07) is 8.87. The Morgan fingerprint density at radius 3 is 2.46 bits per heavy atom. The average Bonchev–Trinajstić information content (AvgIpc) is 2.94. The lowest BCUT2D eigenvalue weighted by Crippen LogP contribution is -2.14. The molecule has 1 aromatic heterocycles. The summed E-state index contributed by atoms with van der Waals surface area (Å²) in [6.45, 7) is 2.09. The summed E-state index contributed by atoms with van der Waals surface area (Å²) < 4.78 is 7.41. The van der Waals surface area contributed by atoms with Crippen LogP contribution >= 0.6 is 15.9 Å². The number of aliphatic hydroxyl groups excluding tert-OH is 1. The van der Waals surface area contributed by atoms with Crippen LogP contribution in [0.3, 0.4) is 0 Å². The minimum absolute atomic E-state index is 0.0829. The molecule has 7 heteroatoms. The molecule has 0 aliphatic heterocycles. The number of aromatic carboxylic acids is 1. The van der Waals surface area contributed by atoms with Crippen molar-refractivity contribution in [1.82, 2.24) is 4.57 Å². The van der Waals surface area contributed by atoms with Gasteiger partial charge in [-0.1, -0.05) is 28.1 Å². The van der Waals surface area contributed by atoms with Crippen LogP contribution in [0, 0.1) is 0 Å². The molecule has 24 heavy (non-hydrogen) atoms. The fourth-order valence-corrected chi connectivity index (χ4v) is 2.55. The van der Waals surface area contributed by atoms with E-state index in [2.05, 4.69) is 15.9 Å². The topological polar surface area (TPSA) is 88.8 Å². The molecule has 0 spiro atoms. The number of hydrogen-bond acceptors (Lipinski definition) is 4. The van der Waals surface area contributed by atoms with Crippen molar-refractivity contribution in [2.45, 2.75) is 13.5 Å². The molecular weight excluding hydrogens is 378 g/mol. The third-order valence-electron chi connectivity index (χ3n) is 3.34. The third-order valence-corrected chi connectivity index (χ3v) is 3.87. The normalized spacial score (nSPS) is 11.3. The van der Waals surface area contributed by atoms with Crippen molar-refractivity contribution < 1.29 is 24.5 Å². The van der Waals surface area contributed by atoms with Gasteiger partial charge < -0.3 is 19.5 Å². The number of esters is 1. The Morgan fingerprint density at radius 1 is 1.25 bits per heavy atom. The molecular formula is C17H16BrNO5. The highest BCUT2D eigenvalue weighted by Gasteiger charge is 2.24. The van der Waals surface area contributed by atoms with Gasteiger partial charge in [0.1, 0.15) is 5.57 Å². The molecule has 2 aromatic rings. The van der Waals surface area contributed by atoms with Crippen LogP contribution in [0.25, 0.3) is 5.57 Å². The second kappa shape index (κ2) is 7.83. The molecule has 0 atom stereocenters. The van der Waals surface area contributed by atoms with Gasteiger partial charge in [0, 0.05) is 17.2 Å². The number of rotatable bonds is 6. The molecule has 0 unspecified atom stereocenters. The van der Waals surface area contributed by atoms with Gasteiger partial charge in [-0.05, 0) is 30.7 Å². The van der Waals surface area contributed by atoms with E-state index in [1.807, 2.05) is 24.3 Å². The Kier molecular flexibility index (Phi) is 5.81. The molecule has 0 fully saturated rings. The number of carboxylic acid groups (broad SMARTS) is 1. The summed E-state index contributed by atoms with van der Waals surface area (Å²) in [5.41, 5.74) is 0.733. The van der Waals surface area contributed by atoms with E-state index in [1.165, 1.54) is 6.07 Å². The van der Waals surface area contributed by atoms with Crippen LogP contribution < -0.4 is 0 Å². The van der Waals surface area contributed by atoms with Crippen molar-refractivity contribution in [3.05, 3.63) is 64.1 Å². The second-order valence-electron chi connectivity index (χ2n) is 4.90. The third kappa shape index (κ3) is 3.86. The van der Waals surface area contributed by atoms with Gasteiger partial charge in [0.2, 0.25) is 0 Å². The molecule has 6 nitrogen and oxygen atoms in total. The van der Waals surface area contributed by atoms with Crippen molar-refractivity contribution in [3.8, 4) is 0 Å². The summed E-state index contributed by atoms with van der Waals surface area (Å²) in [7, 11) is 0. The van der Waals surface area contributed by atoms with Gasteiger partial charge >= 0.3 is 11.9 Å². The smallest absolute Gasteiger partial charge is 0.343 e. The lowest BCUT2D eigenvalue weighted by Gasteiger charge is -2.12. The van der Waals surface area contributed by atoms with Gasteiger partial charge in [0.05, 0.1) is 24.1 Å². The number of benzene rings is 1. The minimum atomic E-state index is -1.19. The standard InChI is InChI=1S/C17H16BrNO5/c1-2-24-17(23)14(10-20)15-13(16(21)22)7-8-19(15)9-11-3-5-12(18)6-4-11/h3-8,10,20H,2,9H2,1H3,(H,21,22). The molecule has 0 saturated carbocycles. The molecule has 0 bridgehead atoms. The predicted octanol–water partition coefficient (Wildman–Crippen LogP) is 3.46. The monoisotopic (exact) mass is 393 g/mol. The van der Waals surface area contributed by atoms with Crippen molar-refractivity contribution >= 4 is 33.4 Å². The Morgan fingerprint density at radius 2 is 1.92 bits per heavy atom. The van der Waals surface area contributed by atoms with Crippen LogP contribution in [0.15, 0.2) is 47.3 Å². The number of halogens is 1. The molecule has 1 aromatic carbocycles. The zero-order valence-electron chi connectivity index (χ0n) is 12.9. The first-order valence-electron chi connectivity index (χ1n) is 7.16. The number of carbonyl (C=O) groups is 2. The molecule has 0 aliphatic rings. The van der Waals surface area contributed by atoms with Crippen molar-refractivity contribution in [1.29, 1.82) is 0 Å². The number of aliphatic hydroxyl groups is 1. The van der Waals surface area contributed by atoms with E-state index in [0.717, 1.165) is 10.0 Å². The summed E-state index contributed by atoms with van der Waals surface area (Å²) in [6.07, 6.45) is 2.14. The van der Waals surface area contributed by atoms with E-state index >= 15 is 0 Å². The highest BCUT2D eigenvalue weighted by molar-refractivity contribution is 9.10. The maximum absolute atomic E-state index is 12.0. The first-order chi connectivity index (χ1) is 11.5. The van der Waals surface area contributed by atoms with E-state index in [9.17, 15) is 19.8 Å². The van der Waals surface area contributed by atoms with Crippen LogP contribution in [0.1, 0.15) is 28.5 Å². The Labute approximate surface area is 147 Å². The van der Waals surface area contributed by atoms with Gasteiger partial charge in [0.15, 0.2) is 0 Å². The van der Waals surface area contributed by atoms with Gasteiger partial charge in [0.25, 0.3) is 0 Å². The molecule has 1 heterocycles. The number of hydrogen-bond donors (Lipinski definition) is 2. The number of carbonyl (C=O) groups excluding carboxylic acids is 1. The van der Waals surface area contributed by atoms with Crippen LogP contribution in [0.4, 0.5) is 0 Å². The Hall–Kier alpha value is -2.54. The number of carboxylic acids is 1. The Bertz CT molecular complexity index is 777. The van der Waals surface area contributed by atoms with Gasteiger partial charge in [-0.3, -0.25) is 0 Å². The maximum atomic E-state index is 12.0. The predicted molar refractivity (Wildman–Crippen MR) is 91.9 cm³/mol.